The molecule has 0 spiro atoms. The molecule has 0 atom stereocenters. The lowest BCUT2D eigenvalue weighted by Gasteiger charge is -2.28. The number of carbonyl (C=O) groups is 1. The van der Waals surface area contributed by atoms with Crippen molar-refractivity contribution in [3.8, 4) is 17.0 Å². The first-order valence-corrected chi connectivity index (χ1v) is 11.7. The second-order valence-electron chi connectivity index (χ2n) is 8.30. The van der Waals surface area contributed by atoms with Crippen molar-refractivity contribution in [1.82, 2.24) is 20.3 Å². The van der Waals surface area contributed by atoms with E-state index in [0.29, 0.717) is 23.2 Å². The molecule has 9 nitrogen and oxygen atoms in total. The largest absolute Gasteiger partial charge is 0.479 e. The minimum Gasteiger partial charge on any atom is -0.479 e. The molecular weight excluding hydrogens is 454 g/mol. The topological polar surface area (TPSA) is 104 Å². The third kappa shape index (κ3) is 4.96. The number of methoxy groups -OCH3 is 1. The summed E-state index contributed by atoms with van der Waals surface area (Å²) in [6.45, 7) is 7.17. The first kappa shape index (κ1) is 23.3. The van der Waals surface area contributed by atoms with E-state index in [4.69, 9.17) is 14.7 Å². The number of ether oxygens (including phenoxy) is 1. The molecule has 1 saturated heterocycles. The smallest absolute Gasteiger partial charge is 0.247 e. The number of fused-ring (bicyclic) bond motifs is 1. The number of para-hydroxylation sites is 1. The number of rotatable bonds is 7. The summed E-state index contributed by atoms with van der Waals surface area (Å²) in [5, 5.41) is 10.3. The van der Waals surface area contributed by atoms with Crippen LogP contribution in [0.3, 0.4) is 0 Å². The molecule has 0 aliphatic carbocycles. The van der Waals surface area contributed by atoms with Crippen LogP contribution in [0.15, 0.2) is 73.4 Å². The zero-order chi connectivity index (χ0) is 24.9. The Bertz CT molecular complexity index is 1420. The van der Waals surface area contributed by atoms with Crippen molar-refractivity contribution in [3.05, 3.63) is 73.4 Å². The first-order chi connectivity index (χ1) is 17.6. The molecule has 2 aromatic heterocycles. The lowest BCUT2D eigenvalue weighted by Crippen LogP contribution is -2.43. The molecule has 0 saturated carbocycles. The average molecular weight is 482 g/mol. The molecule has 36 heavy (non-hydrogen) atoms. The third-order valence-electron chi connectivity index (χ3n) is 5.96. The Kier molecular flexibility index (Phi) is 6.72. The standard InChI is InChI=1S/C27H27N7O2/c1-3-24(35)30-20-8-4-6-18(16-20)21-9-5-7-19-17-29-27(33-25(19)21)31-22-10-11-23(32-26(22)36-2)34-14-12-28-13-15-34/h3-11,16-17,28H,1,12-15H2,2H3,(H,30,35)(H,29,31,33). The average Bonchev–Trinajstić information content (AvgIpc) is 2.93. The van der Waals surface area contributed by atoms with E-state index in [2.05, 4.69) is 32.4 Å². The Labute approximate surface area is 209 Å². The number of pyridine rings is 1. The van der Waals surface area contributed by atoms with Gasteiger partial charge in [-0.15, -0.1) is 0 Å². The molecule has 1 fully saturated rings. The molecule has 0 bridgehead atoms. The van der Waals surface area contributed by atoms with Crippen LogP contribution in [0.4, 0.5) is 23.1 Å². The van der Waals surface area contributed by atoms with E-state index in [1.807, 2.05) is 54.6 Å². The fourth-order valence-electron chi connectivity index (χ4n) is 4.18. The molecule has 1 aliphatic heterocycles. The molecule has 9 heteroatoms. The summed E-state index contributed by atoms with van der Waals surface area (Å²) >= 11 is 0. The van der Waals surface area contributed by atoms with Crippen molar-refractivity contribution < 1.29 is 9.53 Å². The van der Waals surface area contributed by atoms with Crippen LogP contribution in [-0.4, -0.2) is 54.1 Å². The highest BCUT2D eigenvalue weighted by atomic mass is 16.5. The van der Waals surface area contributed by atoms with Gasteiger partial charge < -0.3 is 25.6 Å². The van der Waals surface area contributed by atoms with E-state index in [-0.39, 0.29) is 5.91 Å². The number of benzene rings is 2. The molecule has 1 amide bonds. The van der Waals surface area contributed by atoms with E-state index >= 15 is 0 Å². The summed E-state index contributed by atoms with van der Waals surface area (Å²) in [4.78, 5) is 28.0. The van der Waals surface area contributed by atoms with Gasteiger partial charge in [-0.3, -0.25) is 4.79 Å². The van der Waals surface area contributed by atoms with Crippen molar-refractivity contribution >= 4 is 40.0 Å². The minimum atomic E-state index is -0.260. The Balaban J connectivity index is 1.46. The van der Waals surface area contributed by atoms with E-state index < -0.39 is 0 Å². The van der Waals surface area contributed by atoms with Crippen LogP contribution in [-0.2, 0) is 4.79 Å². The van der Waals surface area contributed by atoms with Crippen LogP contribution >= 0.6 is 0 Å². The number of carbonyl (C=O) groups excluding carboxylic acids is 1. The van der Waals surface area contributed by atoms with Gasteiger partial charge in [0, 0.05) is 49.0 Å². The molecule has 3 heterocycles. The fourth-order valence-corrected chi connectivity index (χ4v) is 4.18. The Morgan fingerprint density at radius 2 is 1.94 bits per heavy atom. The highest BCUT2D eigenvalue weighted by Crippen LogP contribution is 2.31. The van der Waals surface area contributed by atoms with Gasteiger partial charge in [-0.05, 0) is 35.9 Å². The van der Waals surface area contributed by atoms with Crippen LogP contribution in [0.25, 0.3) is 22.0 Å². The predicted octanol–water partition coefficient (Wildman–Crippen LogP) is 3.98. The second-order valence-corrected chi connectivity index (χ2v) is 8.30. The molecule has 0 radical (unpaired) electrons. The highest BCUT2D eigenvalue weighted by Gasteiger charge is 2.16. The van der Waals surface area contributed by atoms with Gasteiger partial charge in [0.1, 0.15) is 11.5 Å². The van der Waals surface area contributed by atoms with Crippen LogP contribution in [0.5, 0.6) is 5.88 Å². The van der Waals surface area contributed by atoms with E-state index in [1.165, 1.54) is 6.08 Å². The molecule has 4 aromatic rings. The van der Waals surface area contributed by atoms with Gasteiger partial charge >= 0.3 is 0 Å². The lowest BCUT2D eigenvalue weighted by atomic mass is 10.0. The van der Waals surface area contributed by atoms with Gasteiger partial charge in [0.2, 0.25) is 17.7 Å². The molecule has 5 rings (SSSR count). The number of nitrogens with zero attached hydrogens (tertiary/aromatic N) is 4. The summed E-state index contributed by atoms with van der Waals surface area (Å²) < 4.78 is 5.57. The van der Waals surface area contributed by atoms with Crippen LogP contribution < -0.4 is 25.6 Å². The third-order valence-corrected chi connectivity index (χ3v) is 5.96. The van der Waals surface area contributed by atoms with Gasteiger partial charge in [0.05, 0.1) is 12.6 Å². The van der Waals surface area contributed by atoms with Crippen LogP contribution in [0, 0.1) is 0 Å². The van der Waals surface area contributed by atoms with E-state index in [0.717, 1.165) is 54.0 Å². The second kappa shape index (κ2) is 10.4. The van der Waals surface area contributed by atoms with Crippen molar-refractivity contribution in [2.45, 2.75) is 0 Å². The highest BCUT2D eigenvalue weighted by molar-refractivity contribution is 6.00. The molecule has 182 valence electrons. The van der Waals surface area contributed by atoms with Crippen molar-refractivity contribution in [3.63, 3.8) is 0 Å². The lowest BCUT2D eigenvalue weighted by molar-refractivity contribution is -0.111. The van der Waals surface area contributed by atoms with Crippen molar-refractivity contribution in [2.75, 3.05) is 48.8 Å². The Hall–Kier alpha value is -4.50. The molecule has 0 unspecified atom stereocenters. The number of piperazine rings is 1. The zero-order valence-corrected chi connectivity index (χ0v) is 20.0. The van der Waals surface area contributed by atoms with Crippen molar-refractivity contribution in [1.29, 1.82) is 0 Å². The van der Waals surface area contributed by atoms with Gasteiger partial charge in [-0.1, -0.05) is 36.9 Å². The maximum absolute atomic E-state index is 11.7. The minimum absolute atomic E-state index is 0.260. The fraction of sp³-hybridized carbons (Fsp3) is 0.185. The first-order valence-electron chi connectivity index (χ1n) is 11.7. The van der Waals surface area contributed by atoms with Gasteiger partial charge in [0.25, 0.3) is 0 Å². The number of amides is 1. The Morgan fingerprint density at radius 3 is 2.75 bits per heavy atom. The summed E-state index contributed by atoms with van der Waals surface area (Å²) in [7, 11) is 1.60. The number of anilines is 4. The summed E-state index contributed by atoms with van der Waals surface area (Å²) in [6.07, 6.45) is 3.03. The molecule has 2 aromatic carbocycles. The monoisotopic (exact) mass is 481 g/mol. The van der Waals surface area contributed by atoms with E-state index in [9.17, 15) is 4.79 Å². The summed E-state index contributed by atoms with van der Waals surface area (Å²) in [5.41, 5.74) is 4.00. The maximum atomic E-state index is 11.7. The molecule has 3 N–H and O–H groups in total. The normalized spacial score (nSPS) is 13.3. The number of hydrogen-bond acceptors (Lipinski definition) is 8. The Morgan fingerprint density at radius 1 is 1.11 bits per heavy atom. The number of nitrogens with one attached hydrogen (secondary N) is 3. The van der Waals surface area contributed by atoms with Gasteiger partial charge in [-0.2, -0.15) is 4.98 Å². The predicted molar refractivity (Wildman–Crippen MR) is 143 cm³/mol. The summed E-state index contributed by atoms with van der Waals surface area (Å²) in [5.74, 6) is 1.53. The molecule has 1 aliphatic rings. The SMILES string of the molecule is C=CC(=O)Nc1cccc(-c2cccc3cnc(Nc4ccc(N5CCNCC5)nc4OC)nc23)c1. The van der Waals surface area contributed by atoms with Crippen molar-refractivity contribution in [2.24, 2.45) is 0 Å². The van der Waals surface area contributed by atoms with Gasteiger partial charge in [-0.25, -0.2) is 9.97 Å². The maximum Gasteiger partial charge on any atom is 0.247 e. The number of hydrogen-bond donors (Lipinski definition) is 3. The quantitative estimate of drug-likeness (QED) is 0.341. The zero-order valence-electron chi connectivity index (χ0n) is 20.0. The van der Waals surface area contributed by atoms with Gasteiger partial charge in [0.15, 0.2) is 0 Å². The molecular formula is C27H27N7O2. The number of aromatic nitrogens is 3. The van der Waals surface area contributed by atoms with E-state index in [1.54, 1.807) is 13.3 Å². The van der Waals surface area contributed by atoms with Crippen LogP contribution in [0.1, 0.15) is 0 Å². The van der Waals surface area contributed by atoms with Crippen LogP contribution in [0.2, 0.25) is 0 Å². The summed E-state index contributed by atoms with van der Waals surface area (Å²) in [6, 6.07) is 17.5.